The van der Waals surface area contributed by atoms with Crippen LogP contribution in [0.5, 0.6) is 0 Å². The van der Waals surface area contributed by atoms with E-state index >= 15 is 0 Å². The molecule has 0 fully saturated rings. The fraction of sp³-hybridized carbons (Fsp3) is 0.150. The highest BCUT2D eigenvalue weighted by Crippen LogP contribution is 2.16. The Morgan fingerprint density at radius 2 is 1.92 bits per heavy atom. The van der Waals surface area contributed by atoms with Crippen LogP contribution in [0, 0.1) is 12.7 Å². The first-order valence-electron chi connectivity index (χ1n) is 7.71. The van der Waals surface area contributed by atoms with Crippen LogP contribution in [0.15, 0.2) is 61.3 Å². The van der Waals surface area contributed by atoms with Crippen molar-refractivity contribution in [1.29, 1.82) is 0 Å². The molecular weight excluding hydrogens is 303 g/mol. The lowest BCUT2D eigenvalue weighted by Gasteiger charge is -2.11. The summed E-state index contributed by atoms with van der Waals surface area (Å²) in [6, 6.07) is 12.7. The minimum atomic E-state index is -0.400. The van der Waals surface area contributed by atoms with Crippen molar-refractivity contribution in [2.24, 2.45) is 0 Å². The fourth-order valence-corrected chi connectivity index (χ4v) is 2.18. The van der Waals surface area contributed by atoms with E-state index in [9.17, 15) is 9.18 Å². The molecule has 0 aliphatic carbocycles. The van der Waals surface area contributed by atoms with Gasteiger partial charge in [0.15, 0.2) is 0 Å². The Morgan fingerprint density at radius 1 is 1.21 bits per heavy atom. The standard InChI is InChI=1S/C20H21FN2O/c1-4-17-9-10-18(13-19(17)21)23-15(3)20(24)22-12-11-16-7-5-14(2)6-8-16/h4-10,13,23H,1,3,11-12H2,2H3,(H,22,24). The molecule has 0 bridgehead atoms. The van der Waals surface area contributed by atoms with E-state index in [-0.39, 0.29) is 11.6 Å². The van der Waals surface area contributed by atoms with E-state index in [1.165, 1.54) is 17.7 Å². The number of anilines is 1. The zero-order valence-corrected chi connectivity index (χ0v) is 13.7. The smallest absolute Gasteiger partial charge is 0.267 e. The minimum Gasteiger partial charge on any atom is -0.351 e. The number of carbonyl (C=O) groups is 1. The summed E-state index contributed by atoms with van der Waals surface area (Å²) in [6.07, 6.45) is 2.17. The Morgan fingerprint density at radius 3 is 2.54 bits per heavy atom. The number of benzene rings is 2. The van der Waals surface area contributed by atoms with Crippen LogP contribution in [0.3, 0.4) is 0 Å². The van der Waals surface area contributed by atoms with Gasteiger partial charge in [-0.05, 0) is 31.0 Å². The van der Waals surface area contributed by atoms with Crippen LogP contribution in [-0.4, -0.2) is 12.5 Å². The quantitative estimate of drug-likeness (QED) is 0.754. The average Bonchev–Trinajstić information content (AvgIpc) is 2.56. The predicted octanol–water partition coefficient (Wildman–Crippen LogP) is 4.06. The van der Waals surface area contributed by atoms with Crippen LogP contribution in [0.2, 0.25) is 0 Å². The Labute approximate surface area is 141 Å². The third-order valence-electron chi connectivity index (χ3n) is 3.61. The van der Waals surface area contributed by atoms with Crippen LogP contribution in [0.25, 0.3) is 6.08 Å². The van der Waals surface area contributed by atoms with Gasteiger partial charge in [0, 0.05) is 17.8 Å². The topological polar surface area (TPSA) is 41.1 Å². The first kappa shape index (κ1) is 17.5. The summed E-state index contributed by atoms with van der Waals surface area (Å²) < 4.78 is 13.7. The molecule has 2 rings (SSSR count). The van der Waals surface area contributed by atoms with E-state index < -0.39 is 5.82 Å². The molecule has 4 heteroatoms. The van der Waals surface area contributed by atoms with Gasteiger partial charge in [0.25, 0.3) is 5.91 Å². The maximum absolute atomic E-state index is 13.7. The summed E-state index contributed by atoms with van der Waals surface area (Å²) in [5, 5.41) is 5.60. The maximum atomic E-state index is 13.7. The van der Waals surface area contributed by atoms with Crippen molar-refractivity contribution in [3.8, 4) is 0 Å². The second-order valence-corrected chi connectivity index (χ2v) is 5.54. The van der Waals surface area contributed by atoms with Crippen LogP contribution in [0.4, 0.5) is 10.1 Å². The van der Waals surface area contributed by atoms with Crippen LogP contribution < -0.4 is 10.6 Å². The minimum absolute atomic E-state index is 0.171. The lowest BCUT2D eigenvalue weighted by atomic mass is 10.1. The molecule has 124 valence electrons. The SMILES string of the molecule is C=Cc1ccc(NC(=C)C(=O)NCCc2ccc(C)cc2)cc1F. The van der Waals surface area contributed by atoms with Crippen molar-refractivity contribution in [2.45, 2.75) is 13.3 Å². The van der Waals surface area contributed by atoms with Gasteiger partial charge in [-0.2, -0.15) is 0 Å². The molecular formula is C20H21FN2O. The van der Waals surface area contributed by atoms with Gasteiger partial charge in [-0.3, -0.25) is 4.79 Å². The fourth-order valence-electron chi connectivity index (χ4n) is 2.18. The molecule has 2 N–H and O–H groups in total. The van der Waals surface area contributed by atoms with Gasteiger partial charge < -0.3 is 10.6 Å². The van der Waals surface area contributed by atoms with Crippen LogP contribution >= 0.6 is 0 Å². The van der Waals surface area contributed by atoms with Gasteiger partial charge in [-0.15, -0.1) is 0 Å². The number of nitrogens with one attached hydrogen (secondary N) is 2. The molecule has 0 aliphatic rings. The highest BCUT2D eigenvalue weighted by molar-refractivity contribution is 5.95. The summed E-state index contributed by atoms with van der Waals surface area (Å²) in [6.45, 7) is 9.77. The van der Waals surface area contributed by atoms with E-state index in [4.69, 9.17) is 0 Å². The number of hydrogen-bond donors (Lipinski definition) is 2. The molecule has 2 aromatic rings. The van der Waals surface area contributed by atoms with E-state index in [0.29, 0.717) is 17.8 Å². The summed E-state index contributed by atoms with van der Waals surface area (Å²) in [7, 11) is 0. The van der Waals surface area contributed by atoms with Gasteiger partial charge in [0.2, 0.25) is 0 Å². The Balaban J connectivity index is 1.83. The van der Waals surface area contributed by atoms with E-state index in [2.05, 4.69) is 23.8 Å². The Kier molecular flexibility index (Phi) is 5.90. The first-order valence-corrected chi connectivity index (χ1v) is 7.71. The maximum Gasteiger partial charge on any atom is 0.267 e. The monoisotopic (exact) mass is 324 g/mol. The number of carbonyl (C=O) groups excluding carboxylic acids is 1. The molecule has 2 aromatic carbocycles. The summed E-state index contributed by atoms with van der Waals surface area (Å²) in [4.78, 5) is 12.0. The number of hydrogen-bond acceptors (Lipinski definition) is 2. The Bertz CT molecular complexity index is 751. The highest BCUT2D eigenvalue weighted by Gasteiger charge is 2.08. The molecule has 0 saturated carbocycles. The molecule has 1 amide bonds. The zero-order valence-electron chi connectivity index (χ0n) is 13.7. The molecule has 24 heavy (non-hydrogen) atoms. The molecule has 0 saturated heterocycles. The number of halogens is 1. The molecule has 0 aromatic heterocycles. The third kappa shape index (κ3) is 4.81. The largest absolute Gasteiger partial charge is 0.351 e. The number of amides is 1. The van der Waals surface area contributed by atoms with Crippen molar-refractivity contribution >= 4 is 17.7 Å². The molecule has 0 aliphatic heterocycles. The normalized spacial score (nSPS) is 10.1. The van der Waals surface area contributed by atoms with Crippen molar-refractivity contribution in [1.82, 2.24) is 5.32 Å². The summed E-state index contributed by atoms with van der Waals surface area (Å²) in [5.41, 5.74) is 3.41. The van der Waals surface area contributed by atoms with E-state index in [1.807, 2.05) is 31.2 Å². The molecule has 3 nitrogen and oxygen atoms in total. The van der Waals surface area contributed by atoms with Gasteiger partial charge in [-0.1, -0.05) is 55.1 Å². The van der Waals surface area contributed by atoms with Crippen molar-refractivity contribution in [2.75, 3.05) is 11.9 Å². The second kappa shape index (κ2) is 8.11. The van der Waals surface area contributed by atoms with Gasteiger partial charge >= 0.3 is 0 Å². The van der Waals surface area contributed by atoms with Crippen LogP contribution in [0.1, 0.15) is 16.7 Å². The molecule has 0 atom stereocenters. The van der Waals surface area contributed by atoms with Crippen molar-refractivity contribution < 1.29 is 9.18 Å². The number of rotatable bonds is 7. The molecule has 0 radical (unpaired) electrons. The van der Waals surface area contributed by atoms with E-state index in [1.54, 1.807) is 12.1 Å². The van der Waals surface area contributed by atoms with Crippen molar-refractivity contribution in [3.63, 3.8) is 0 Å². The van der Waals surface area contributed by atoms with Crippen molar-refractivity contribution in [3.05, 3.63) is 83.8 Å². The first-order chi connectivity index (χ1) is 11.5. The highest BCUT2D eigenvalue weighted by atomic mass is 19.1. The molecule has 0 spiro atoms. The average molecular weight is 324 g/mol. The van der Waals surface area contributed by atoms with Crippen LogP contribution in [-0.2, 0) is 11.2 Å². The summed E-state index contributed by atoms with van der Waals surface area (Å²) in [5.74, 6) is -0.710. The lowest BCUT2D eigenvalue weighted by Crippen LogP contribution is -2.29. The zero-order chi connectivity index (χ0) is 17.5. The van der Waals surface area contributed by atoms with E-state index in [0.717, 1.165) is 12.0 Å². The van der Waals surface area contributed by atoms with Gasteiger partial charge in [-0.25, -0.2) is 4.39 Å². The predicted molar refractivity (Wildman–Crippen MR) is 97.1 cm³/mol. The third-order valence-corrected chi connectivity index (χ3v) is 3.61. The number of aryl methyl sites for hydroxylation is 1. The second-order valence-electron chi connectivity index (χ2n) is 5.54. The molecule has 0 heterocycles. The van der Waals surface area contributed by atoms with Gasteiger partial charge in [0.1, 0.15) is 5.82 Å². The summed E-state index contributed by atoms with van der Waals surface area (Å²) >= 11 is 0. The molecule has 0 unspecified atom stereocenters. The Hall–Kier alpha value is -2.88. The lowest BCUT2D eigenvalue weighted by molar-refractivity contribution is -0.117. The van der Waals surface area contributed by atoms with Gasteiger partial charge in [0.05, 0.1) is 5.70 Å².